The van der Waals surface area contributed by atoms with Crippen LogP contribution in [0, 0.1) is 5.92 Å². The van der Waals surface area contributed by atoms with Crippen molar-refractivity contribution in [3.8, 4) is 0 Å². The maximum absolute atomic E-state index is 11.8. The number of amides is 1. The first-order valence-electron chi connectivity index (χ1n) is 6.23. The summed E-state index contributed by atoms with van der Waals surface area (Å²) in [4.78, 5) is 15.6. The number of ether oxygens (including phenoxy) is 1. The molecular formula is C13H24N2O2. The predicted molar refractivity (Wildman–Crippen MR) is 68.9 cm³/mol. The molecule has 4 nitrogen and oxygen atoms in total. The summed E-state index contributed by atoms with van der Waals surface area (Å²) in [6.45, 7) is 3.32. The third-order valence-corrected chi connectivity index (χ3v) is 2.98. The van der Waals surface area contributed by atoms with Crippen LogP contribution in [0.5, 0.6) is 0 Å². The average Bonchev–Trinajstić information content (AvgIpc) is 2.29. The van der Waals surface area contributed by atoms with E-state index in [2.05, 4.69) is 0 Å². The van der Waals surface area contributed by atoms with Crippen LogP contribution in [-0.4, -0.2) is 63.2 Å². The normalized spacial score (nSPS) is 17.9. The molecule has 0 radical (unpaired) electrons. The van der Waals surface area contributed by atoms with E-state index in [0.29, 0.717) is 5.92 Å². The number of carbonyl (C=O) groups excluding carboxylic acids is 1. The molecule has 1 fully saturated rings. The summed E-state index contributed by atoms with van der Waals surface area (Å²) >= 11 is 0. The van der Waals surface area contributed by atoms with E-state index in [1.165, 1.54) is 0 Å². The minimum Gasteiger partial charge on any atom is -0.381 e. The Labute approximate surface area is 104 Å². The van der Waals surface area contributed by atoms with Crippen molar-refractivity contribution in [2.75, 3.05) is 47.4 Å². The zero-order valence-electron chi connectivity index (χ0n) is 11.2. The zero-order chi connectivity index (χ0) is 12.7. The van der Waals surface area contributed by atoms with Crippen LogP contribution < -0.4 is 0 Å². The molecular weight excluding hydrogens is 216 g/mol. The van der Waals surface area contributed by atoms with Gasteiger partial charge in [-0.25, -0.2) is 0 Å². The number of carbonyl (C=O) groups is 1. The lowest BCUT2D eigenvalue weighted by molar-refractivity contribution is -0.125. The molecule has 17 heavy (non-hydrogen) atoms. The van der Waals surface area contributed by atoms with Crippen molar-refractivity contribution < 1.29 is 9.53 Å². The molecule has 0 saturated carbocycles. The fraction of sp³-hybridized carbons (Fsp3) is 0.769. The summed E-state index contributed by atoms with van der Waals surface area (Å²) < 4.78 is 5.31. The Balaban J connectivity index is 2.28. The summed E-state index contributed by atoms with van der Waals surface area (Å²) in [6.07, 6.45) is 5.71. The van der Waals surface area contributed by atoms with Crippen LogP contribution in [0.2, 0.25) is 0 Å². The van der Waals surface area contributed by atoms with E-state index < -0.39 is 0 Å². The third-order valence-electron chi connectivity index (χ3n) is 2.98. The molecule has 0 aliphatic carbocycles. The summed E-state index contributed by atoms with van der Waals surface area (Å²) in [6, 6.07) is 0. The summed E-state index contributed by atoms with van der Waals surface area (Å²) in [7, 11) is 5.85. The molecule has 0 atom stereocenters. The second-order valence-corrected chi connectivity index (χ2v) is 4.94. The largest absolute Gasteiger partial charge is 0.381 e. The molecule has 0 aromatic carbocycles. The fourth-order valence-corrected chi connectivity index (χ4v) is 1.90. The molecule has 1 heterocycles. The number of hydrogen-bond acceptors (Lipinski definition) is 3. The Kier molecular flexibility index (Phi) is 6.22. The molecule has 4 heteroatoms. The van der Waals surface area contributed by atoms with Gasteiger partial charge in [0.05, 0.1) is 0 Å². The lowest BCUT2D eigenvalue weighted by Gasteiger charge is -2.26. The first-order valence-corrected chi connectivity index (χ1v) is 6.23. The van der Waals surface area contributed by atoms with Crippen molar-refractivity contribution in [2.24, 2.45) is 5.92 Å². The fourth-order valence-electron chi connectivity index (χ4n) is 1.90. The zero-order valence-corrected chi connectivity index (χ0v) is 11.2. The Morgan fingerprint density at radius 2 is 1.94 bits per heavy atom. The lowest BCUT2D eigenvalue weighted by Crippen LogP contribution is -2.33. The van der Waals surface area contributed by atoms with Crippen molar-refractivity contribution in [1.29, 1.82) is 0 Å². The average molecular weight is 240 g/mol. The molecule has 1 aliphatic rings. The highest BCUT2D eigenvalue weighted by Gasteiger charge is 2.17. The van der Waals surface area contributed by atoms with Gasteiger partial charge < -0.3 is 14.5 Å². The lowest BCUT2D eigenvalue weighted by atomic mass is 10.00. The number of likely N-dealkylation sites (N-methyl/N-ethyl adjacent to an activating group) is 2. The third kappa shape index (κ3) is 5.84. The Morgan fingerprint density at radius 1 is 1.29 bits per heavy atom. The Bertz CT molecular complexity index is 258. The van der Waals surface area contributed by atoms with Gasteiger partial charge >= 0.3 is 0 Å². The van der Waals surface area contributed by atoms with Crippen LogP contribution in [-0.2, 0) is 9.53 Å². The maximum atomic E-state index is 11.8. The molecule has 1 rings (SSSR count). The van der Waals surface area contributed by atoms with E-state index in [4.69, 9.17) is 4.74 Å². The van der Waals surface area contributed by atoms with Crippen LogP contribution in [0.25, 0.3) is 0 Å². The van der Waals surface area contributed by atoms with Crippen molar-refractivity contribution in [3.05, 3.63) is 12.2 Å². The highest BCUT2D eigenvalue weighted by Crippen LogP contribution is 2.15. The van der Waals surface area contributed by atoms with Crippen molar-refractivity contribution in [3.63, 3.8) is 0 Å². The molecule has 1 amide bonds. The topological polar surface area (TPSA) is 32.8 Å². The summed E-state index contributed by atoms with van der Waals surface area (Å²) in [5.41, 5.74) is 0. The van der Waals surface area contributed by atoms with Crippen LogP contribution in [0.4, 0.5) is 0 Å². The first kappa shape index (κ1) is 14.2. The van der Waals surface area contributed by atoms with Gasteiger partial charge in [-0.3, -0.25) is 4.79 Å². The van der Waals surface area contributed by atoms with Crippen LogP contribution in [0.3, 0.4) is 0 Å². The van der Waals surface area contributed by atoms with Crippen LogP contribution in [0.15, 0.2) is 12.2 Å². The number of rotatable bonds is 5. The van der Waals surface area contributed by atoms with Crippen molar-refractivity contribution >= 4 is 5.91 Å². The highest BCUT2D eigenvalue weighted by atomic mass is 16.5. The molecule has 0 aromatic heterocycles. The minimum absolute atomic E-state index is 0.0957. The molecule has 98 valence electrons. The number of hydrogen-bond donors (Lipinski definition) is 0. The first-order chi connectivity index (χ1) is 8.09. The number of nitrogens with zero attached hydrogens (tertiary/aromatic N) is 2. The SMILES string of the molecule is CN(C)C/C=C/C(=O)N(C)CC1CCOCC1. The second-order valence-electron chi connectivity index (χ2n) is 4.94. The van der Waals surface area contributed by atoms with E-state index >= 15 is 0 Å². The predicted octanol–water partition coefficient (Wildman–Crippen LogP) is 0.989. The van der Waals surface area contributed by atoms with Gasteiger partial charge in [-0.15, -0.1) is 0 Å². The molecule has 0 N–H and O–H groups in total. The summed E-state index contributed by atoms with van der Waals surface area (Å²) in [5, 5.41) is 0. The van der Waals surface area contributed by atoms with E-state index in [1.807, 2.05) is 37.0 Å². The van der Waals surface area contributed by atoms with E-state index in [1.54, 1.807) is 6.08 Å². The van der Waals surface area contributed by atoms with Crippen LogP contribution in [0.1, 0.15) is 12.8 Å². The van der Waals surface area contributed by atoms with Gasteiger partial charge in [-0.1, -0.05) is 6.08 Å². The van der Waals surface area contributed by atoms with Gasteiger partial charge in [-0.2, -0.15) is 0 Å². The van der Waals surface area contributed by atoms with E-state index in [0.717, 1.165) is 39.1 Å². The minimum atomic E-state index is 0.0957. The molecule has 0 unspecified atom stereocenters. The Morgan fingerprint density at radius 3 is 2.53 bits per heavy atom. The molecule has 0 aromatic rings. The monoisotopic (exact) mass is 240 g/mol. The Hall–Kier alpha value is -0.870. The van der Waals surface area contributed by atoms with Crippen LogP contribution >= 0.6 is 0 Å². The molecule has 1 aliphatic heterocycles. The van der Waals surface area contributed by atoms with Crippen molar-refractivity contribution in [2.45, 2.75) is 12.8 Å². The second kappa shape index (κ2) is 7.45. The molecule has 0 bridgehead atoms. The van der Waals surface area contributed by atoms with Gasteiger partial charge in [0.25, 0.3) is 0 Å². The van der Waals surface area contributed by atoms with Gasteiger partial charge in [-0.05, 0) is 32.9 Å². The van der Waals surface area contributed by atoms with Gasteiger partial charge in [0.1, 0.15) is 0 Å². The molecule has 0 spiro atoms. The quantitative estimate of drug-likeness (QED) is 0.672. The standard InChI is InChI=1S/C13H24N2O2/c1-14(2)8-4-5-13(16)15(3)11-12-6-9-17-10-7-12/h4-5,12H,6-11H2,1-3H3/b5-4+. The van der Waals surface area contributed by atoms with E-state index in [9.17, 15) is 4.79 Å². The van der Waals surface area contributed by atoms with Gasteiger partial charge in [0, 0.05) is 39.4 Å². The van der Waals surface area contributed by atoms with Crippen molar-refractivity contribution in [1.82, 2.24) is 9.80 Å². The smallest absolute Gasteiger partial charge is 0.246 e. The maximum Gasteiger partial charge on any atom is 0.246 e. The highest BCUT2D eigenvalue weighted by molar-refractivity contribution is 5.87. The van der Waals surface area contributed by atoms with Gasteiger partial charge in [0.2, 0.25) is 5.91 Å². The van der Waals surface area contributed by atoms with E-state index in [-0.39, 0.29) is 5.91 Å². The summed E-state index contributed by atoms with van der Waals surface area (Å²) in [5.74, 6) is 0.693. The molecule has 1 saturated heterocycles. The van der Waals surface area contributed by atoms with Gasteiger partial charge in [0.15, 0.2) is 0 Å².